The van der Waals surface area contributed by atoms with E-state index in [-0.39, 0.29) is 76.0 Å². The van der Waals surface area contributed by atoms with Crippen LogP contribution < -0.4 is 29.6 Å². The Bertz CT molecular complexity index is 775. The Morgan fingerprint density at radius 3 is 1.02 bits per heavy atom. The smallest absolute Gasteiger partial charge is 1.00 e. The fourth-order valence-corrected chi connectivity index (χ4v) is 2.27. The van der Waals surface area contributed by atoms with E-state index in [1.165, 1.54) is 0 Å². The maximum atomic E-state index is 10.0. The van der Waals surface area contributed by atoms with Crippen LogP contribution in [0.2, 0.25) is 0 Å². The zero-order valence-electron chi connectivity index (χ0n) is 32.6. The van der Waals surface area contributed by atoms with Gasteiger partial charge in [0.05, 0.1) is 132 Å². The Labute approximate surface area is 348 Å². The maximum absolute atomic E-state index is 10.0. The van der Waals surface area contributed by atoms with Gasteiger partial charge in [0.25, 0.3) is 0 Å². The van der Waals surface area contributed by atoms with Crippen LogP contribution in [0.25, 0.3) is 20.9 Å². The first-order valence-electron chi connectivity index (χ1n) is 16.4. The van der Waals surface area contributed by atoms with E-state index in [0.717, 1.165) is 13.0 Å². The summed E-state index contributed by atoms with van der Waals surface area (Å²) in [5, 5.41) is 55.7. The molecular weight excluding hydrogens is 807 g/mol. The fraction of sp³-hybridized carbons (Fsp3) is 0.931. The van der Waals surface area contributed by atoms with Gasteiger partial charge >= 0.3 is 41.5 Å². The minimum atomic E-state index is -0.999. The van der Waals surface area contributed by atoms with Crippen LogP contribution in [-0.2, 0) is 52.2 Å². The SMILES string of the molecule is CCCOCCOCCO.O=C(O)CBr.OCCOCCOCCO.[H-].[N-]=[N+]=NCCOCCOCCO.[N-]=[N+]=NCCOCCOCCOCC(=O)O.[Na+]. The van der Waals surface area contributed by atoms with Gasteiger partial charge in [-0.25, -0.2) is 4.79 Å². The summed E-state index contributed by atoms with van der Waals surface area (Å²) in [6.45, 7) is 10.1. The standard InChI is InChI=1S/C8H15N3O5.C7H16O3.C6H13N3O3.C6H14O4.C2H3BrO2.Na.H/c9-11-10-1-2-14-3-4-15-5-6-16-7-8(12)13;1-2-4-9-6-7-10-5-3-8;7-9-8-1-3-11-5-6-12-4-2-10;7-1-3-9-5-6-10-4-2-8;3-1-2(4)5;;/h1-7H2,(H,12,13);8H,2-7H2,1H3;10H,1-6H2;7-8H,1-6H2;1H2,(H,4,5);;/q;;;;;+1;-1. The predicted octanol–water partition coefficient (Wildman–Crippen LogP) is -2.24. The number of carboxylic acids is 2. The molecule has 0 fully saturated rings. The Morgan fingerprint density at radius 1 is 0.519 bits per heavy atom. The molecule has 0 bridgehead atoms. The van der Waals surface area contributed by atoms with Gasteiger partial charge in [-0.1, -0.05) is 33.1 Å². The molecule has 0 unspecified atom stereocenters. The van der Waals surface area contributed by atoms with Crippen molar-refractivity contribution >= 4 is 27.9 Å². The molecule has 0 aliphatic carbocycles. The molecule has 0 atom stereocenters. The quantitative estimate of drug-likeness (QED) is 0.00994. The van der Waals surface area contributed by atoms with E-state index in [0.29, 0.717) is 112 Å². The van der Waals surface area contributed by atoms with Crippen LogP contribution in [-0.4, -0.2) is 206 Å². The van der Waals surface area contributed by atoms with Gasteiger partial charge in [0.1, 0.15) is 11.9 Å². The Kier molecular flexibility index (Phi) is 82.8. The average molecular weight is 870 g/mol. The van der Waals surface area contributed by atoms with Gasteiger partial charge < -0.3 is 74.7 Å². The number of ether oxygens (including phenoxy) is 9. The van der Waals surface area contributed by atoms with E-state index >= 15 is 0 Å². The Balaban J connectivity index is -0.000000108. The van der Waals surface area contributed by atoms with Crippen molar-refractivity contribution in [2.45, 2.75) is 13.3 Å². The van der Waals surface area contributed by atoms with Crippen LogP contribution in [0.15, 0.2) is 10.2 Å². The summed E-state index contributed by atoms with van der Waals surface area (Å²) < 4.78 is 44.6. The van der Waals surface area contributed by atoms with Gasteiger partial charge in [-0.15, -0.1) is 0 Å². The van der Waals surface area contributed by atoms with E-state index in [1.54, 1.807) is 0 Å². The Morgan fingerprint density at radius 2 is 0.778 bits per heavy atom. The number of hydrogen-bond donors (Lipinski definition) is 6. The molecule has 0 radical (unpaired) electrons. The molecule has 0 aromatic rings. The largest absolute Gasteiger partial charge is 1.00 e. The van der Waals surface area contributed by atoms with Crippen LogP contribution in [0.3, 0.4) is 0 Å². The Hall–Kier alpha value is -1.48. The second-order valence-electron chi connectivity index (χ2n) is 8.68. The number of carbonyl (C=O) groups is 2. The minimum absolute atomic E-state index is 0. The number of nitrogens with zero attached hydrogens (tertiary/aromatic N) is 6. The molecule has 23 nitrogen and oxygen atoms in total. The number of hydrogen-bond acceptors (Lipinski definition) is 17. The van der Waals surface area contributed by atoms with Crippen LogP contribution >= 0.6 is 15.9 Å². The number of aliphatic carboxylic acids is 2. The first-order valence-corrected chi connectivity index (χ1v) is 17.6. The molecule has 0 saturated carbocycles. The summed E-state index contributed by atoms with van der Waals surface area (Å²) in [6.07, 6.45) is 1.04. The topological polar surface area (TPSA) is 336 Å². The molecule has 54 heavy (non-hydrogen) atoms. The number of rotatable bonds is 34. The summed E-state index contributed by atoms with van der Waals surface area (Å²) in [5.41, 5.74) is 15.8. The van der Waals surface area contributed by atoms with Crippen molar-refractivity contribution in [1.82, 2.24) is 0 Å². The maximum Gasteiger partial charge on any atom is 1.00 e. The molecular formula is C29H62BrN6NaO17. The summed E-state index contributed by atoms with van der Waals surface area (Å²) >= 11 is 2.71. The van der Waals surface area contributed by atoms with Crippen LogP contribution in [0, 0.1) is 0 Å². The van der Waals surface area contributed by atoms with Crippen molar-refractivity contribution in [3.8, 4) is 0 Å². The summed E-state index contributed by atoms with van der Waals surface area (Å²) in [6, 6.07) is 0. The first kappa shape index (κ1) is 64.4. The number of carboxylic acid groups (broad SMARTS) is 2. The molecule has 6 N–H and O–H groups in total. The number of azide groups is 2. The number of aliphatic hydroxyl groups is 4. The molecule has 0 heterocycles. The van der Waals surface area contributed by atoms with Gasteiger partial charge in [0.2, 0.25) is 0 Å². The second-order valence-corrected chi connectivity index (χ2v) is 9.24. The zero-order chi connectivity index (χ0) is 40.7. The molecule has 25 heteroatoms. The van der Waals surface area contributed by atoms with E-state index in [1.807, 2.05) is 0 Å². The van der Waals surface area contributed by atoms with Crippen molar-refractivity contribution in [2.75, 3.05) is 164 Å². The molecule has 0 spiro atoms. The molecule has 0 aromatic carbocycles. The van der Waals surface area contributed by atoms with Crippen molar-refractivity contribution < 1.29 is 114 Å². The molecule has 0 aliphatic heterocycles. The van der Waals surface area contributed by atoms with E-state index < -0.39 is 11.9 Å². The average Bonchev–Trinajstić information content (AvgIpc) is 3.15. The summed E-state index contributed by atoms with van der Waals surface area (Å²) in [7, 11) is 0. The molecule has 0 rings (SSSR count). The van der Waals surface area contributed by atoms with Crippen molar-refractivity contribution in [1.29, 1.82) is 0 Å². The molecule has 0 amide bonds. The normalized spacial score (nSPS) is 9.44. The van der Waals surface area contributed by atoms with Crippen molar-refractivity contribution in [3.05, 3.63) is 20.9 Å². The zero-order valence-corrected chi connectivity index (χ0v) is 35.2. The van der Waals surface area contributed by atoms with E-state index in [9.17, 15) is 9.59 Å². The van der Waals surface area contributed by atoms with Crippen molar-refractivity contribution in [3.63, 3.8) is 0 Å². The van der Waals surface area contributed by atoms with E-state index in [2.05, 4.69) is 42.9 Å². The van der Waals surface area contributed by atoms with Gasteiger partial charge in [0.15, 0.2) is 0 Å². The van der Waals surface area contributed by atoms with Crippen LogP contribution in [0.5, 0.6) is 0 Å². The number of alkyl halides is 1. The van der Waals surface area contributed by atoms with Gasteiger partial charge in [0, 0.05) is 29.5 Å². The number of halogens is 1. The third kappa shape index (κ3) is 92.9. The summed E-state index contributed by atoms with van der Waals surface area (Å²) in [5.74, 6) is -1.83. The first-order chi connectivity index (χ1) is 25.8. The molecule has 318 valence electrons. The minimum Gasteiger partial charge on any atom is -1.00 e. The van der Waals surface area contributed by atoms with Crippen LogP contribution in [0.4, 0.5) is 0 Å². The fourth-order valence-electron chi connectivity index (χ4n) is 2.27. The number of aliphatic hydroxyl groups excluding tert-OH is 4. The van der Waals surface area contributed by atoms with E-state index in [4.69, 9.17) is 84.3 Å². The van der Waals surface area contributed by atoms with Gasteiger partial charge in [-0.3, -0.25) is 4.79 Å². The third-order valence-electron chi connectivity index (χ3n) is 4.29. The van der Waals surface area contributed by atoms with Crippen molar-refractivity contribution in [2.24, 2.45) is 10.2 Å². The summed E-state index contributed by atoms with van der Waals surface area (Å²) in [4.78, 5) is 24.5. The monoisotopic (exact) mass is 868 g/mol. The predicted molar refractivity (Wildman–Crippen MR) is 194 cm³/mol. The second kappa shape index (κ2) is 69.4. The van der Waals surface area contributed by atoms with Gasteiger partial charge in [-0.05, 0) is 17.5 Å². The van der Waals surface area contributed by atoms with Crippen LogP contribution in [0.1, 0.15) is 14.8 Å². The van der Waals surface area contributed by atoms with Gasteiger partial charge in [-0.2, -0.15) is 0 Å². The molecule has 0 saturated heterocycles. The molecule has 0 aromatic heterocycles. The molecule has 0 aliphatic rings. The third-order valence-corrected chi connectivity index (χ3v) is 4.77.